The highest BCUT2D eigenvalue weighted by Gasteiger charge is 2.26. The Morgan fingerprint density at radius 2 is 0.688 bits per heavy atom. The van der Waals surface area contributed by atoms with E-state index in [0.717, 1.165) is 11.4 Å². The number of anilines is 6. The van der Waals surface area contributed by atoms with E-state index >= 15 is 0 Å². The van der Waals surface area contributed by atoms with Crippen molar-refractivity contribution in [1.82, 2.24) is 0 Å². The number of aryl methyl sites for hydroxylation is 2. The average Bonchev–Trinajstić information content (AvgIpc) is 3.30. The Balaban J connectivity index is 1.20. The van der Waals surface area contributed by atoms with Gasteiger partial charge in [-0.1, -0.05) is 195 Å². The fourth-order valence-electron chi connectivity index (χ4n) is 9.94. The minimum atomic E-state index is -1.62. The van der Waals surface area contributed by atoms with Gasteiger partial charge in [0.05, 0.1) is 27.5 Å². The lowest BCUT2D eigenvalue weighted by molar-refractivity contribution is 1.26. The zero-order valence-corrected chi connectivity index (χ0v) is 40.4. The van der Waals surface area contributed by atoms with E-state index in [0.29, 0.717) is 0 Å². The Morgan fingerprint density at radius 1 is 0.328 bits per heavy atom. The zero-order chi connectivity index (χ0) is 44.3. The number of rotatable bonds is 10. The summed E-state index contributed by atoms with van der Waals surface area (Å²) in [4.78, 5) is 4.98. The summed E-state index contributed by atoms with van der Waals surface area (Å²) in [7, 11) is -3.25. The maximum atomic E-state index is 2.49. The molecule has 0 atom stereocenters. The van der Waals surface area contributed by atoms with Crippen molar-refractivity contribution in [3.05, 3.63) is 205 Å². The number of benzene rings is 10. The molecule has 0 fully saturated rings. The summed E-state index contributed by atoms with van der Waals surface area (Å²) in [5.41, 5.74) is 14.6. The summed E-state index contributed by atoms with van der Waals surface area (Å²) in [6.07, 6.45) is 0. The van der Waals surface area contributed by atoms with Crippen molar-refractivity contribution in [3.63, 3.8) is 0 Å². The molecule has 0 heterocycles. The second-order valence-electron chi connectivity index (χ2n) is 19.5. The molecule has 0 amide bonds. The van der Waals surface area contributed by atoms with Crippen LogP contribution in [0.25, 0.3) is 54.6 Å². The summed E-state index contributed by atoms with van der Waals surface area (Å²) in [5, 5.41) is 10.5. The van der Waals surface area contributed by atoms with Crippen molar-refractivity contribution in [2.24, 2.45) is 0 Å². The number of para-hydroxylation sites is 2. The Morgan fingerprint density at radius 3 is 1.08 bits per heavy atom. The molecule has 64 heavy (non-hydrogen) atoms. The van der Waals surface area contributed by atoms with E-state index in [2.05, 4.69) is 257 Å². The second-order valence-corrected chi connectivity index (χ2v) is 29.6. The number of hydrogen-bond donors (Lipinski definition) is 0. The maximum absolute atomic E-state index is 2.49. The van der Waals surface area contributed by atoms with Crippen LogP contribution in [0.15, 0.2) is 194 Å². The van der Waals surface area contributed by atoms with Crippen molar-refractivity contribution in [1.29, 1.82) is 0 Å². The van der Waals surface area contributed by atoms with Gasteiger partial charge in [0, 0.05) is 33.5 Å². The molecule has 0 bridgehead atoms. The van der Waals surface area contributed by atoms with Crippen LogP contribution in [0.5, 0.6) is 0 Å². The molecule has 314 valence electrons. The van der Waals surface area contributed by atoms with Crippen molar-refractivity contribution >= 4 is 93.0 Å². The van der Waals surface area contributed by atoms with Crippen molar-refractivity contribution in [3.8, 4) is 22.3 Å². The van der Waals surface area contributed by atoms with E-state index < -0.39 is 16.1 Å². The fraction of sp³-hybridized carbons (Fsp3) is 0.133. The van der Waals surface area contributed by atoms with Gasteiger partial charge in [-0.05, 0) is 117 Å². The topological polar surface area (TPSA) is 6.48 Å². The van der Waals surface area contributed by atoms with Gasteiger partial charge in [0.15, 0.2) is 0 Å². The predicted molar refractivity (Wildman–Crippen MR) is 286 cm³/mol. The summed E-state index contributed by atoms with van der Waals surface area (Å²) >= 11 is 0. The number of nitrogens with zero attached hydrogens (tertiary/aromatic N) is 2. The van der Waals surface area contributed by atoms with Crippen LogP contribution < -0.4 is 20.2 Å². The van der Waals surface area contributed by atoms with E-state index in [1.807, 2.05) is 0 Å². The molecule has 0 N–H and O–H groups in total. The largest absolute Gasteiger partial charge is 0.310 e. The molecular formula is C60H56N2Si2. The molecule has 0 saturated carbocycles. The highest BCUT2D eigenvalue weighted by atomic mass is 28.3. The predicted octanol–water partition coefficient (Wildman–Crippen LogP) is 16.6. The van der Waals surface area contributed by atoms with Gasteiger partial charge in [0.25, 0.3) is 0 Å². The molecule has 10 rings (SSSR count). The lowest BCUT2D eigenvalue weighted by Gasteiger charge is -2.31. The van der Waals surface area contributed by atoms with Crippen LogP contribution in [-0.2, 0) is 0 Å². The van der Waals surface area contributed by atoms with Crippen LogP contribution in [-0.4, -0.2) is 16.1 Å². The quantitative estimate of drug-likeness (QED) is 0.0998. The average molecular weight is 861 g/mol. The molecule has 0 aliphatic heterocycles. The van der Waals surface area contributed by atoms with Crippen LogP contribution in [0.2, 0.25) is 39.3 Å². The molecule has 0 unspecified atom stereocenters. The molecule has 0 aromatic heterocycles. The molecule has 10 aromatic carbocycles. The summed E-state index contributed by atoms with van der Waals surface area (Å²) in [6.45, 7) is 19.2. The van der Waals surface area contributed by atoms with Gasteiger partial charge in [0.1, 0.15) is 0 Å². The molecule has 2 nitrogen and oxygen atoms in total. The van der Waals surface area contributed by atoms with E-state index in [1.165, 1.54) is 98.8 Å². The molecular weight excluding hydrogens is 805 g/mol. The van der Waals surface area contributed by atoms with Gasteiger partial charge < -0.3 is 9.80 Å². The minimum absolute atomic E-state index is 1.14. The molecule has 0 aliphatic carbocycles. The van der Waals surface area contributed by atoms with Gasteiger partial charge in [-0.15, -0.1) is 0 Å². The summed E-state index contributed by atoms with van der Waals surface area (Å²) < 4.78 is 0. The van der Waals surface area contributed by atoms with E-state index in [4.69, 9.17) is 0 Å². The van der Waals surface area contributed by atoms with Crippen molar-refractivity contribution < 1.29 is 0 Å². The summed E-state index contributed by atoms with van der Waals surface area (Å²) in [6, 6.07) is 72.7. The van der Waals surface area contributed by atoms with Crippen LogP contribution in [0.4, 0.5) is 34.1 Å². The van der Waals surface area contributed by atoms with Gasteiger partial charge in [-0.2, -0.15) is 0 Å². The highest BCUT2D eigenvalue weighted by Crippen LogP contribution is 2.49. The third-order valence-electron chi connectivity index (χ3n) is 13.1. The second kappa shape index (κ2) is 16.1. The fourth-order valence-corrected chi connectivity index (χ4v) is 13.2. The van der Waals surface area contributed by atoms with Crippen LogP contribution >= 0.6 is 0 Å². The van der Waals surface area contributed by atoms with Gasteiger partial charge in [-0.25, -0.2) is 0 Å². The monoisotopic (exact) mass is 860 g/mol. The standard InChI is InChI=1S/C60H56N2Si2/c1-41-27-29-45(49-23-15-17-25-57(49)63(3,4)5)39-55(41)61(47-19-11-9-12-20-47)53-37-33-43-32-36-52-54(38-34-44-31-35-51(53)59(43)60(44)52)62(48-21-13-10-14-22-48)56-40-46(30-28-42(56)2)50-24-16-18-26-58(50)64(6,7)8/h9-40H,1-8H3. The lowest BCUT2D eigenvalue weighted by atomic mass is 9.91. The van der Waals surface area contributed by atoms with E-state index in [9.17, 15) is 0 Å². The molecule has 0 radical (unpaired) electrons. The number of hydrogen-bond acceptors (Lipinski definition) is 2. The smallest absolute Gasteiger partial charge is 0.0784 e. The molecule has 0 spiro atoms. The molecule has 0 aliphatic rings. The van der Waals surface area contributed by atoms with Crippen LogP contribution in [0.1, 0.15) is 11.1 Å². The maximum Gasteiger partial charge on any atom is 0.0784 e. The SMILES string of the molecule is Cc1ccc(-c2ccccc2[Si](C)(C)C)cc1N(c1ccccc1)c1ccc2ccc3c(N(c4ccccc4)c4cc(-c5ccccc5[Si](C)(C)C)ccc4C)ccc4ccc1c2c43. The van der Waals surface area contributed by atoms with Gasteiger partial charge >= 0.3 is 0 Å². The van der Waals surface area contributed by atoms with E-state index in [1.54, 1.807) is 0 Å². The Bertz CT molecular complexity index is 3100. The van der Waals surface area contributed by atoms with E-state index in [-0.39, 0.29) is 0 Å². The molecule has 0 saturated heterocycles. The molecule has 4 heteroatoms. The Hall–Kier alpha value is -6.73. The van der Waals surface area contributed by atoms with Gasteiger partial charge in [0.2, 0.25) is 0 Å². The lowest BCUT2D eigenvalue weighted by Crippen LogP contribution is -2.38. The third-order valence-corrected chi connectivity index (χ3v) is 17.2. The molecule has 10 aromatic rings. The normalized spacial score (nSPS) is 12.1. The van der Waals surface area contributed by atoms with Crippen LogP contribution in [0.3, 0.4) is 0 Å². The van der Waals surface area contributed by atoms with Crippen molar-refractivity contribution in [2.75, 3.05) is 9.80 Å². The first kappa shape index (κ1) is 41.3. The van der Waals surface area contributed by atoms with Gasteiger partial charge in [-0.3, -0.25) is 0 Å². The zero-order valence-electron chi connectivity index (χ0n) is 38.4. The Labute approximate surface area is 381 Å². The van der Waals surface area contributed by atoms with Crippen LogP contribution in [0, 0.1) is 13.8 Å². The first-order valence-corrected chi connectivity index (χ1v) is 29.7. The van der Waals surface area contributed by atoms with Crippen molar-refractivity contribution in [2.45, 2.75) is 53.1 Å². The summed E-state index contributed by atoms with van der Waals surface area (Å²) in [5.74, 6) is 0. The Kier molecular flexibility index (Phi) is 10.4. The first-order chi connectivity index (χ1) is 30.9. The minimum Gasteiger partial charge on any atom is -0.310 e. The first-order valence-electron chi connectivity index (χ1n) is 22.7. The third kappa shape index (κ3) is 7.31. The highest BCUT2D eigenvalue weighted by molar-refractivity contribution is 6.90.